The average Bonchev–Trinajstić information content (AvgIpc) is 3.34. The summed E-state index contributed by atoms with van der Waals surface area (Å²) in [6, 6.07) is 16.8. The van der Waals surface area contributed by atoms with Gasteiger partial charge in [-0.05, 0) is 61.9 Å². The quantitative estimate of drug-likeness (QED) is 0.356. The van der Waals surface area contributed by atoms with Gasteiger partial charge in [0, 0.05) is 15.7 Å². The number of ether oxygens (including phenoxy) is 1. The van der Waals surface area contributed by atoms with Gasteiger partial charge >= 0.3 is 0 Å². The minimum absolute atomic E-state index is 0.199. The summed E-state index contributed by atoms with van der Waals surface area (Å²) in [5.41, 5.74) is 3.60. The van der Waals surface area contributed by atoms with Gasteiger partial charge in [-0.2, -0.15) is 10.2 Å². The maximum Gasteiger partial charge on any atom is 0.276 e. The van der Waals surface area contributed by atoms with Crippen LogP contribution in [0.2, 0.25) is 5.02 Å². The summed E-state index contributed by atoms with van der Waals surface area (Å²) in [6.07, 6.45) is 1.70. The maximum absolute atomic E-state index is 12.8. The van der Waals surface area contributed by atoms with Crippen LogP contribution in [0, 0.1) is 13.8 Å². The Bertz CT molecular complexity index is 1250. The van der Waals surface area contributed by atoms with E-state index in [1.807, 2.05) is 67.1 Å². The van der Waals surface area contributed by atoms with E-state index in [0.717, 1.165) is 21.4 Å². The van der Waals surface area contributed by atoms with Crippen LogP contribution in [0.5, 0.6) is 5.75 Å². The summed E-state index contributed by atoms with van der Waals surface area (Å²) in [6.45, 7) is 4.54. The number of amides is 1. The molecule has 0 saturated heterocycles. The largest absolute Gasteiger partial charge is 0.471 e. The van der Waals surface area contributed by atoms with Crippen LogP contribution in [0.15, 0.2) is 65.3 Å². The third-order valence-electron chi connectivity index (χ3n) is 4.89. The molecule has 0 aliphatic rings. The molecule has 2 aromatic carbocycles. The number of aryl methyl sites for hydroxylation is 1. The fourth-order valence-corrected chi connectivity index (χ4v) is 3.72. The van der Waals surface area contributed by atoms with E-state index in [1.54, 1.807) is 16.9 Å². The fraction of sp³-hybridized carbons (Fsp3) is 0.174. The molecule has 0 unspecified atom stereocenters. The molecule has 0 bridgehead atoms. The van der Waals surface area contributed by atoms with E-state index in [-0.39, 0.29) is 12.6 Å². The molecule has 7 nitrogen and oxygen atoms in total. The first-order chi connectivity index (χ1) is 15.4. The number of aromatic nitrogens is 4. The van der Waals surface area contributed by atoms with Gasteiger partial charge in [0.2, 0.25) is 0 Å². The Kier molecular flexibility index (Phi) is 6.62. The molecule has 4 aromatic rings. The summed E-state index contributed by atoms with van der Waals surface area (Å²) < 4.78 is 10.1. The lowest BCUT2D eigenvalue weighted by molar-refractivity contribution is 0.102. The normalized spacial score (nSPS) is 10.9. The Labute approximate surface area is 199 Å². The van der Waals surface area contributed by atoms with E-state index >= 15 is 0 Å². The number of halogens is 2. The lowest BCUT2D eigenvalue weighted by Crippen LogP contribution is -2.15. The number of nitrogens with one attached hydrogen (secondary N) is 1. The molecule has 2 aromatic heterocycles. The monoisotopic (exact) mass is 513 g/mol. The van der Waals surface area contributed by atoms with Gasteiger partial charge in [-0.3, -0.25) is 9.48 Å². The zero-order valence-corrected chi connectivity index (χ0v) is 19.9. The number of hydrogen-bond acceptors (Lipinski definition) is 4. The van der Waals surface area contributed by atoms with Gasteiger partial charge in [-0.25, -0.2) is 4.68 Å². The number of benzene rings is 2. The summed E-state index contributed by atoms with van der Waals surface area (Å²) in [4.78, 5) is 12.8. The molecule has 1 amide bonds. The molecular formula is C23H21BrClN5O2. The van der Waals surface area contributed by atoms with Crippen molar-refractivity contribution in [3.8, 4) is 5.75 Å². The smallest absolute Gasteiger partial charge is 0.276 e. The summed E-state index contributed by atoms with van der Waals surface area (Å²) in [7, 11) is 0. The van der Waals surface area contributed by atoms with Crippen LogP contribution in [0.1, 0.15) is 27.4 Å². The van der Waals surface area contributed by atoms with Crippen LogP contribution in [0.3, 0.4) is 0 Å². The van der Waals surface area contributed by atoms with E-state index in [1.165, 1.54) is 0 Å². The molecule has 9 heteroatoms. The van der Waals surface area contributed by atoms with Crippen molar-refractivity contribution in [1.82, 2.24) is 19.6 Å². The molecule has 164 valence electrons. The molecule has 0 aliphatic heterocycles. The van der Waals surface area contributed by atoms with Crippen molar-refractivity contribution in [2.24, 2.45) is 0 Å². The standard InChI is InChI=1S/C23H21BrClN5O2/c1-15-22(16(2)30(27-15)13-17-4-3-5-19(25)12-17)26-23(31)21-10-11-29(28-21)14-32-20-8-6-18(24)7-9-20/h3-12H,13-14H2,1-2H3,(H,26,31). The predicted octanol–water partition coefficient (Wildman–Crippen LogP) is 5.45. The minimum atomic E-state index is -0.305. The molecule has 0 fully saturated rings. The Morgan fingerprint density at radius 2 is 1.91 bits per heavy atom. The van der Waals surface area contributed by atoms with Crippen LogP contribution in [0.4, 0.5) is 5.69 Å². The third-order valence-corrected chi connectivity index (χ3v) is 5.66. The van der Waals surface area contributed by atoms with Crippen molar-refractivity contribution in [3.05, 3.63) is 92.9 Å². The van der Waals surface area contributed by atoms with Crippen molar-refractivity contribution in [2.45, 2.75) is 27.1 Å². The molecule has 2 heterocycles. The van der Waals surface area contributed by atoms with E-state index in [2.05, 4.69) is 31.4 Å². The zero-order chi connectivity index (χ0) is 22.7. The van der Waals surface area contributed by atoms with E-state index in [4.69, 9.17) is 16.3 Å². The van der Waals surface area contributed by atoms with E-state index < -0.39 is 0 Å². The predicted molar refractivity (Wildman–Crippen MR) is 127 cm³/mol. The summed E-state index contributed by atoms with van der Waals surface area (Å²) in [5.74, 6) is 0.411. The second-order valence-corrected chi connectivity index (χ2v) is 8.61. The van der Waals surface area contributed by atoms with E-state index in [0.29, 0.717) is 28.7 Å². The molecule has 1 N–H and O–H groups in total. The molecule has 0 spiro atoms. The lowest BCUT2D eigenvalue weighted by atomic mass is 10.2. The molecule has 4 rings (SSSR count). The first-order valence-electron chi connectivity index (χ1n) is 9.90. The van der Waals surface area contributed by atoms with Gasteiger partial charge < -0.3 is 10.1 Å². The first-order valence-corrected chi connectivity index (χ1v) is 11.1. The van der Waals surface area contributed by atoms with Crippen molar-refractivity contribution in [2.75, 3.05) is 5.32 Å². The Morgan fingerprint density at radius 1 is 1.12 bits per heavy atom. The van der Waals surface area contributed by atoms with Gasteiger partial charge in [-0.15, -0.1) is 0 Å². The second kappa shape index (κ2) is 9.58. The Hall–Kier alpha value is -3.10. The van der Waals surface area contributed by atoms with Crippen molar-refractivity contribution >= 4 is 39.1 Å². The third kappa shape index (κ3) is 5.20. The molecular weight excluding hydrogens is 494 g/mol. The molecule has 32 heavy (non-hydrogen) atoms. The highest BCUT2D eigenvalue weighted by Gasteiger charge is 2.17. The highest BCUT2D eigenvalue weighted by atomic mass is 79.9. The van der Waals surface area contributed by atoms with Gasteiger partial charge in [0.15, 0.2) is 12.4 Å². The number of hydrogen-bond donors (Lipinski definition) is 1. The lowest BCUT2D eigenvalue weighted by Gasteiger charge is -2.07. The van der Waals surface area contributed by atoms with Gasteiger partial charge in [0.1, 0.15) is 5.75 Å². The Morgan fingerprint density at radius 3 is 2.66 bits per heavy atom. The van der Waals surface area contributed by atoms with Gasteiger partial charge in [0.05, 0.1) is 23.6 Å². The molecule has 0 radical (unpaired) electrons. The van der Waals surface area contributed by atoms with Gasteiger partial charge in [0.25, 0.3) is 5.91 Å². The van der Waals surface area contributed by atoms with Crippen molar-refractivity contribution in [1.29, 1.82) is 0 Å². The van der Waals surface area contributed by atoms with Crippen LogP contribution in [-0.2, 0) is 13.3 Å². The van der Waals surface area contributed by atoms with Crippen LogP contribution < -0.4 is 10.1 Å². The van der Waals surface area contributed by atoms with Crippen LogP contribution >= 0.6 is 27.5 Å². The fourth-order valence-electron chi connectivity index (χ4n) is 3.24. The Balaban J connectivity index is 1.41. The highest BCUT2D eigenvalue weighted by Crippen LogP contribution is 2.22. The highest BCUT2D eigenvalue weighted by molar-refractivity contribution is 9.10. The van der Waals surface area contributed by atoms with Gasteiger partial charge in [-0.1, -0.05) is 39.7 Å². The number of carbonyl (C=O) groups is 1. The van der Waals surface area contributed by atoms with Crippen LogP contribution in [0.25, 0.3) is 0 Å². The van der Waals surface area contributed by atoms with Crippen molar-refractivity contribution < 1.29 is 9.53 Å². The number of carbonyl (C=O) groups excluding carboxylic acids is 1. The molecule has 0 atom stereocenters. The van der Waals surface area contributed by atoms with E-state index in [9.17, 15) is 4.79 Å². The zero-order valence-electron chi connectivity index (χ0n) is 17.5. The van der Waals surface area contributed by atoms with Crippen LogP contribution in [-0.4, -0.2) is 25.5 Å². The topological polar surface area (TPSA) is 74.0 Å². The minimum Gasteiger partial charge on any atom is -0.471 e. The average molecular weight is 515 g/mol. The summed E-state index contributed by atoms with van der Waals surface area (Å²) in [5, 5.41) is 12.5. The van der Waals surface area contributed by atoms with Crippen molar-refractivity contribution in [3.63, 3.8) is 0 Å². The number of nitrogens with zero attached hydrogens (tertiary/aromatic N) is 4. The molecule has 0 aliphatic carbocycles. The molecule has 0 saturated carbocycles. The number of rotatable bonds is 7. The second-order valence-electron chi connectivity index (χ2n) is 7.26. The first kappa shape index (κ1) is 22.1. The number of anilines is 1. The summed E-state index contributed by atoms with van der Waals surface area (Å²) >= 11 is 9.47. The SMILES string of the molecule is Cc1nn(Cc2cccc(Cl)c2)c(C)c1NC(=O)c1ccn(COc2ccc(Br)cc2)n1. The maximum atomic E-state index is 12.8.